The third-order valence-electron chi connectivity index (χ3n) is 3.69. The highest BCUT2D eigenvalue weighted by molar-refractivity contribution is 5.74. The number of halogens is 2. The smallest absolute Gasteiger partial charge is 0.244 e. The summed E-state index contributed by atoms with van der Waals surface area (Å²) in [6.45, 7) is 2.07. The quantitative estimate of drug-likeness (QED) is 0.502. The van der Waals surface area contributed by atoms with Gasteiger partial charge in [0.25, 0.3) is 0 Å². The fourth-order valence-electron chi connectivity index (χ4n) is 2.41. The van der Waals surface area contributed by atoms with E-state index in [1.165, 1.54) is 11.5 Å². The minimum absolute atomic E-state index is 0.0309. The fraction of sp³-hybridized carbons (Fsp3) is 0.278. The van der Waals surface area contributed by atoms with E-state index in [1.807, 2.05) is 6.92 Å². The maximum atomic E-state index is 14.8. The molecule has 25 heavy (non-hydrogen) atoms. The van der Waals surface area contributed by atoms with E-state index in [0.29, 0.717) is 12.2 Å². The van der Waals surface area contributed by atoms with Crippen molar-refractivity contribution in [3.8, 4) is 11.5 Å². The zero-order valence-corrected chi connectivity index (χ0v) is 13.8. The first-order chi connectivity index (χ1) is 12.1. The van der Waals surface area contributed by atoms with Gasteiger partial charge >= 0.3 is 0 Å². The molecule has 0 aliphatic rings. The molecule has 0 aliphatic carbocycles. The van der Waals surface area contributed by atoms with Gasteiger partial charge in [0.05, 0.1) is 0 Å². The molecule has 7 heteroatoms. The molecule has 0 unspecified atom stereocenters. The molecule has 0 aromatic heterocycles. The Balaban J connectivity index is 2.19. The number of amides is 1. The molecule has 0 aliphatic heterocycles. The molecule has 0 saturated heterocycles. The van der Waals surface area contributed by atoms with Crippen LogP contribution in [0.25, 0.3) is 0 Å². The molecule has 2 aromatic rings. The van der Waals surface area contributed by atoms with E-state index in [-0.39, 0.29) is 18.5 Å². The maximum absolute atomic E-state index is 14.8. The molecule has 2 aromatic carbocycles. The van der Waals surface area contributed by atoms with Gasteiger partial charge in [-0.2, -0.15) is 0 Å². The lowest BCUT2D eigenvalue weighted by Gasteiger charge is -2.19. The Morgan fingerprint density at radius 2 is 1.92 bits per heavy atom. The second kappa shape index (κ2) is 9.10. The molecule has 5 nitrogen and oxygen atoms in total. The molecule has 0 spiro atoms. The Bertz CT molecular complexity index is 711. The summed E-state index contributed by atoms with van der Waals surface area (Å²) in [6.07, 6.45) is 0.553. The van der Waals surface area contributed by atoms with Crippen LogP contribution in [0.5, 0.6) is 11.5 Å². The standard InChI is InChI=1S/C18H20F2N2O3/c1-2-15(21-11-10-16(23)22-24)13-8-9-14(19)18(17(13)20)25-12-6-4-3-5-7-12/h3-9,15,21,24H,2,10-11H2,1H3,(H,22,23)/t15-/m0/s1. The Kier molecular flexibility index (Phi) is 6.85. The van der Waals surface area contributed by atoms with Gasteiger partial charge in [-0.15, -0.1) is 0 Å². The molecule has 3 N–H and O–H groups in total. The number of hydrogen-bond acceptors (Lipinski definition) is 4. The molecule has 134 valence electrons. The van der Waals surface area contributed by atoms with Gasteiger partial charge < -0.3 is 10.1 Å². The van der Waals surface area contributed by atoms with Gasteiger partial charge in [-0.25, -0.2) is 14.3 Å². The average molecular weight is 350 g/mol. The Morgan fingerprint density at radius 3 is 2.56 bits per heavy atom. The van der Waals surface area contributed by atoms with Gasteiger partial charge in [0.1, 0.15) is 5.75 Å². The first-order valence-corrected chi connectivity index (χ1v) is 7.94. The van der Waals surface area contributed by atoms with Gasteiger partial charge in [-0.1, -0.05) is 31.2 Å². The molecule has 2 rings (SSSR count). The first-order valence-electron chi connectivity index (χ1n) is 7.94. The predicted octanol–water partition coefficient (Wildman–Crippen LogP) is 3.69. The second-order valence-electron chi connectivity index (χ2n) is 5.39. The predicted molar refractivity (Wildman–Crippen MR) is 88.5 cm³/mol. The van der Waals surface area contributed by atoms with E-state index < -0.39 is 29.3 Å². The highest BCUT2D eigenvalue weighted by Crippen LogP contribution is 2.32. The monoisotopic (exact) mass is 350 g/mol. The summed E-state index contributed by atoms with van der Waals surface area (Å²) >= 11 is 0. The number of carbonyl (C=O) groups is 1. The van der Waals surface area contributed by atoms with Crippen LogP contribution in [0.3, 0.4) is 0 Å². The Morgan fingerprint density at radius 1 is 1.20 bits per heavy atom. The summed E-state index contributed by atoms with van der Waals surface area (Å²) < 4.78 is 34.2. The molecular weight excluding hydrogens is 330 g/mol. The number of carbonyl (C=O) groups excluding carboxylic acids is 1. The molecular formula is C18H20F2N2O3. The zero-order valence-electron chi connectivity index (χ0n) is 13.8. The number of nitrogens with one attached hydrogen (secondary N) is 2. The van der Waals surface area contributed by atoms with Crippen molar-refractivity contribution in [2.24, 2.45) is 0 Å². The lowest BCUT2D eigenvalue weighted by Crippen LogP contribution is -2.28. The van der Waals surface area contributed by atoms with Crippen molar-refractivity contribution < 1.29 is 23.5 Å². The Labute approximate surface area is 144 Å². The van der Waals surface area contributed by atoms with Gasteiger partial charge in [-0.3, -0.25) is 10.0 Å². The van der Waals surface area contributed by atoms with Gasteiger partial charge in [0.2, 0.25) is 5.91 Å². The number of benzene rings is 2. The molecule has 0 fully saturated rings. The van der Waals surface area contributed by atoms with Gasteiger partial charge in [-0.05, 0) is 24.6 Å². The van der Waals surface area contributed by atoms with E-state index >= 15 is 0 Å². The van der Waals surface area contributed by atoms with Crippen LogP contribution in [-0.4, -0.2) is 17.7 Å². The minimum atomic E-state index is -0.792. The van der Waals surface area contributed by atoms with E-state index in [2.05, 4.69) is 5.32 Å². The zero-order chi connectivity index (χ0) is 18.2. The number of rotatable bonds is 8. The Hall–Kier alpha value is -2.51. The highest BCUT2D eigenvalue weighted by Gasteiger charge is 2.21. The minimum Gasteiger partial charge on any atom is -0.451 e. The van der Waals surface area contributed by atoms with Crippen LogP contribution in [0.15, 0.2) is 42.5 Å². The normalized spacial score (nSPS) is 11.8. The summed E-state index contributed by atoms with van der Waals surface area (Å²) in [5.41, 5.74) is 1.78. The van der Waals surface area contributed by atoms with Crippen LogP contribution in [0.4, 0.5) is 8.78 Å². The maximum Gasteiger partial charge on any atom is 0.244 e. The van der Waals surface area contributed by atoms with Crippen molar-refractivity contribution >= 4 is 5.91 Å². The number of para-hydroxylation sites is 1. The van der Waals surface area contributed by atoms with Crippen LogP contribution in [0.2, 0.25) is 0 Å². The lowest BCUT2D eigenvalue weighted by molar-refractivity contribution is -0.129. The van der Waals surface area contributed by atoms with Gasteiger partial charge in [0.15, 0.2) is 17.4 Å². The summed E-state index contributed by atoms with van der Waals surface area (Å²) in [5, 5.41) is 11.5. The summed E-state index contributed by atoms with van der Waals surface area (Å²) in [6, 6.07) is 10.5. The van der Waals surface area contributed by atoms with Crippen molar-refractivity contribution in [2.75, 3.05) is 6.54 Å². The molecule has 0 bridgehead atoms. The molecule has 0 radical (unpaired) electrons. The van der Waals surface area contributed by atoms with Crippen LogP contribution in [0, 0.1) is 11.6 Å². The molecule has 1 atom stereocenters. The molecule has 0 heterocycles. The van der Waals surface area contributed by atoms with E-state index in [0.717, 1.165) is 6.07 Å². The topological polar surface area (TPSA) is 70.6 Å². The number of hydroxylamine groups is 1. The van der Waals surface area contributed by atoms with Crippen molar-refractivity contribution in [3.63, 3.8) is 0 Å². The third-order valence-corrected chi connectivity index (χ3v) is 3.69. The van der Waals surface area contributed by atoms with Crippen LogP contribution in [-0.2, 0) is 4.79 Å². The second-order valence-corrected chi connectivity index (χ2v) is 5.39. The first kappa shape index (κ1) is 18.8. The number of ether oxygens (including phenoxy) is 1. The van der Waals surface area contributed by atoms with E-state index in [1.54, 1.807) is 30.3 Å². The van der Waals surface area contributed by atoms with Crippen molar-refractivity contribution in [3.05, 3.63) is 59.7 Å². The average Bonchev–Trinajstić information content (AvgIpc) is 2.63. The van der Waals surface area contributed by atoms with E-state index in [4.69, 9.17) is 9.94 Å². The van der Waals surface area contributed by atoms with Crippen molar-refractivity contribution in [1.82, 2.24) is 10.8 Å². The lowest BCUT2D eigenvalue weighted by atomic mass is 10.0. The fourth-order valence-corrected chi connectivity index (χ4v) is 2.41. The van der Waals surface area contributed by atoms with Crippen molar-refractivity contribution in [2.45, 2.75) is 25.8 Å². The molecule has 0 saturated carbocycles. The summed E-state index contributed by atoms with van der Waals surface area (Å²) in [5.74, 6) is -2.25. The van der Waals surface area contributed by atoms with Crippen LogP contribution >= 0.6 is 0 Å². The largest absolute Gasteiger partial charge is 0.451 e. The number of hydrogen-bond donors (Lipinski definition) is 3. The van der Waals surface area contributed by atoms with Crippen molar-refractivity contribution in [1.29, 1.82) is 0 Å². The van der Waals surface area contributed by atoms with Crippen LogP contribution < -0.4 is 15.5 Å². The SMILES string of the molecule is CC[C@H](NCCC(=O)NO)c1ccc(F)c(Oc2ccccc2)c1F. The van der Waals surface area contributed by atoms with E-state index in [9.17, 15) is 13.6 Å². The highest BCUT2D eigenvalue weighted by atomic mass is 19.1. The third kappa shape index (κ3) is 4.98. The summed E-state index contributed by atoms with van der Waals surface area (Å²) in [7, 11) is 0. The molecule has 1 amide bonds. The van der Waals surface area contributed by atoms with Crippen LogP contribution in [0.1, 0.15) is 31.4 Å². The van der Waals surface area contributed by atoms with Gasteiger partial charge in [0, 0.05) is 24.6 Å². The summed E-state index contributed by atoms with van der Waals surface area (Å²) in [4.78, 5) is 11.0.